The van der Waals surface area contributed by atoms with Gasteiger partial charge in [0, 0.05) is 25.4 Å². The van der Waals surface area contributed by atoms with Crippen LogP contribution in [-0.4, -0.2) is 23.8 Å². The van der Waals surface area contributed by atoms with Gasteiger partial charge in [-0.25, -0.2) is 9.79 Å². The Bertz CT molecular complexity index is 721. The summed E-state index contributed by atoms with van der Waals surface area (Å²) in [4.78, 5) is 18.1. The minimum Gasteiger partial charge on any atom is -0.402 e. The van der Waals surface area contributed by atoms with Gasteiger partial charge in [-0.05, 0) is 17.7 Å². The van der Waals surface area contributed by atoms with Gasteiger partial charge >= 0.3 is 5.97 Å². The van der Waals surface area contributed by atoms with Crippen LogP contribution in [0.15, 0.2) is 77.6 Å². The molecule has 4 heteroatoms. The molecule has 1 aliphatic rings. The number of nitrogens with zero attached hydrogens (tertiary/aromatic N) is 2. The molecule has 110 valence electrons. The Kier molecular flexibility index (Phi) is 4.01. The molecule has 0 amide bonds. The van der Waals surface area contributed by atoms with Crippen molar-refractivity contribution in [1.29, 1.82) is 0 Å². The minimum absolute atomic E-state index is 0.317. The quantitative estimate of drug-likeness (QED) is 0.642. The number of esters is 1. The summed E-state index contributed by atoms with van der Waals surface area (Å²) in [5.74, 6) is -0.0660. The van der Waals surface area contributed by atoms with Crippen LogP contribution in [0.3, 0.4) is 0 Å². The molecule has 3 rings (SSSR count). The second-order valence-corrected chi connectivity index (χ2v) is 5.09. The van der Waals surface area contributed by atoms with Crippen molar-refractivity contribution in [3.05, 3.63) is 83.7 Å². The molecule has 0 aliphatic carbocycles. The number of carbonyl (C=O) groups is 1. The molecule has 0 atom stereocenters. The minimum atomic E-state index is -0.418. The third-order valence-corrected chi connectivity index (χ3v) is 3.26. The van der Waals surface area contributed by atoms with E-state index in [0.29, 0.717) is 18.1 Å². The molecular weight excluding hydrogens is 276 g/mol. The second kappa shape index (κ2) is 6.26. The predicted molar refractivity (Wildman–Crippen MR) is 85.1 cm³/mol. The fourth-order valence-electron chi connectivity index (χ4n) is 2.23. The van der Waals surface area contributed by atoms with Crippen LogP contribution in [-0.2, 0) is 16.1 Å². The molecule has 0 fully saturated rings. The number of benzene rings is 2. The van der Waals surface area contributed by atoms with E-state index in [1.54, 1.807) is 6.20 Å². The van der Waals surface area contributed by atoms with Crippen LogP contribution in [0.5, 0.6) is 0 Å². The van der Waals surface area contributed by atoms with Crippen LogP contribution in [0.4, 0.5) is 0 Å². The van der Waals surface area contributed by atoms with Crippen molar-refractivity contribution in [1.82, 2.24) is 4.90 Å². The van der Waals surface area contributed by atoms with Gasteiger partial charge in [-0.1, -0.05) is 48.5 Å². The van der Waals surface area contributed by atoms with E-state index in [-0.39, 0.29) is 0 Å². The van der Waals surface area contributed by atoms with Crippen molar-refractivity contribution in [3.63, 3.8) is 0 Å². The van der Waals surface area contributed by atoms with Crippen LogP contribution in [0.2, 0.25) is 0 Å². The third kappa shape index (κ3) is 3.23. The number of carbonyl (C=O) groups excluding carboxylic acids is 1. The maximum absolute atomic E-state index is 11.9. The predicted octanol–water partition coefficient (Wildman–Crippen LogP) is 2.96. The molecule has 0 saturated carbocycles. The first kappa shape index (κ1) is 14.1. The molecule has 0 N–H and O–H groups in total. The summed E-state index contributed by atoms with van der Waals surface area (Å²) in [6, 6.07) is 19.5. The van der Waals surface area contributed by atoms with Crippen LogP contribution < -0.4 is 0 Å². The fourth-order valence-corrected chi connectivity index (χ4v) is 2.23. The molecule has 0 radical (unpaired) electrons. The zero-order valence-electron chi connectivity index (χ0n) is 12.3. The highest BCUT2D eigenvalue weighted by Gasteiger charge is 2.24. The van der Waals surface area contributed by atoms with Crippen LogP contribution in [0.25, 0.3) is 0 Å². The van der Waals surface area contributed by atoms with Gasteiger partial charge in [0.05, 0.1) is 0 Å². The summed E-state index contributed by atoms with van der Waals surface area (Å²) in [5, 5.41) is 0. The van der Waals surface area contributed by atoms with Gasteiger partial charge in [0.15, 0.2) is 5.70 Å². The van der Waals surface area contributed by atoms with Crippen molar-refractivity contribution < 1.29 is 9.53 Å². The zero-order chi connectivity index (χ0) is 15.4. The number of hydrogen-bond acceptors (Lipinski definition) is 4. The summed E-state index contributed by atoms with van der Waals surface area (Å²) < 4.78 is 5.23. The van der Waals surface area contributed by atoms with Crippen LogP contribution >= 0.6 is 0 Å². The van der Waals surface area contributed by atoms with Gasteiger partial charge in [0.1, 0.15) is 0 Å². The van der Waals surface area contributed by atoms with E-state index in [2.05, 4.69) is 4.99 Å². The highest BCUT2D eigenvalue weighted by Crippen LogP contribution is 2.17. The van der Waals surface area contributed by atoms with Gasteiger partial charge < -0.3 is 9.64 Å². The van der Waals surface area contributed by atoms with Gasteiger partial charge in [0.2, 0.25) is 5.90 Å². The molecular formula is C18H16N2O2. The van der Waals surface area contributed by atoms with Gasteiger partial charge in [-0.3, -0.25) is 0 Å². The maximum Gasteiger partial charge on any atom is 0.365 e. The van der Waals surface area contributed by atoms with Gasteiger partial charge in [0.25, 0.3) is 0 Å². The lowest BCUT2D eigenvalue weighted by molar-refractivity contribution is -0.130. The summed E-state index contributed by atoms with van der Waals surface area (Å²) in [7, 11) is 1.91. The third-order valence-electron chi connectivity index (χ3n) is 3.26. The van der Waals surface area contributed by atoms with Gasteiger partial charge in [-0.2, -0.15) is 0 Å². The first-order valence-corrected chi connectivity index (χ1v) is 7.04. The lowest BCUT2D eigenvalue weighted by Gasteiger charge is -2.13. The topological polar surface area (TPSA) is 41.9 Å². The summed E-state index contributed by atoms with van der Waals surface area (Å²) in [5.41, 5.74) is 2.28. The Labute approximate surface area is 129 Å². The number of rotatable bonds is 4. The van der Waals surface area contributed by atoms with E-state index >= 15 is 0 Å². The van der Waals surface area contributed by atoms with Gasteiger partial charge in [-0.15, -0.1) is 0 Å². The zero-order valence-corrected chi connectivity index (χ0v) is 12.3. The van der Waals surface area contributed by atoms with E-state index in [1.807, 2.05) is 72.6 Å². The Morgan fingerprint density at radius 1 is 1.05 bits per heavy atom. The summed E-state index contributed by atoms with van der Waals surface area (Å²) in [6.45, 7) is 0.702. The number of ether oxygens (including phenoxy) is 1. The number of hydrogen-bond donors (Lipinski definition) is 0. The molecule has 2 aromatic carbocycles. The van der Waals surface area contributed by atoms with E-state index in [1.165, 1.54) is 5.56 Å². The second-order valence-electron chi connectivity index (χ2n) is 5.09. The Hall–Kier alpha value is -2.88. The highest BCUT2D eigenvalue weighted by molar-refractivity contribution is 6.11. The standard InChI is InChI=1S/C18H16N2O2/c1-20(12-14-8-4-2-5-9-14)13-16-18(21)22-17(19-16)15-10-6-3-7-11-15/h2-11,13H,12H2,1H3. The number of aliphatic imine (C=N–C) groups is 1. The van der Waals surface area contributed by atoms with Crippen LogP contribution in [0.1, 0.15) is 11.1 Å². The lowest BCUT2D eigenvalue weighted by atomic mass is 10.2. The molecule has 0 saturated heterocycles. The molecule has 0 bridgehead atoms. The molecule has 1 heterocycles. The van der Waals surface area contributed by atoms with E-state index in [9.17, 15) is 4.79 Å². The first-order valence-electron chi connectivity index (χ1n) is 7.04. The summed E-state index contributed by atoms with van der Waals surface area (Å²) >= 11 is 0. The SMILES string of the molecule is CN(C=C1N=C(c2ccccc2)OC1=O)Cc1ccccc1. The van der Waals surface area contributed by atoms with Crippen molar-refractivity contribution in [2.75, 3.05) is 7.05 Å². The normalized spacial score (nSPS) is 15.6. The van der Waals surface area contributed by atoms with Crippen LogP contribution in [0, 0.1) is 0 Å². The molecule has 0 aromatic heterocycles. The Balaban J connectivity index is 1.76. The van der Waals surface area contributed by atoms with E-state index in [0.717, 1.165) is 5.56 Å². The van der Waals surface area contributed by atoms with E-state index in [4.69, 9.17) is 4.74 Å². The monoisotopic (exact) mass is 292 g/mol. The smallest absolute Gasteiger partial charge is 0.365 e. The summed E-state index contributed by atoms with van der Waals surface area (Å²) in [6.07, 6.45) is 1.71. The average molecular weight is 292 g/mol. The Morgan fingerprint density at radius 2 is 1.68 bits per heavy atom. The lowest BCUT2D eigenvalue weighted by Crippen LogP contribution is -2.12. The highest BCUT2D eigenvalue weighted by atomic mass is 16.6. The average Bonchev–Trinajstić information content (AvgIpc) is 2.90. The maximum atomic E-state index is 11.9. The largest absolute Gasteiger partial charge is 0.402 e. The first-order chi connectivity index (χ1) is 10.7. The van der Waals surface area contributed by atoms with Crippen molar-refractivity contribution in [2.24, 2.45) is 4.99 Å². The van der Waals surface area contributed by atoms with Crippen molar-refractivity contribution in [3.8, 4) is 0 Å². The van der Waals surface area contributed by atoms with Crippen molar-refractivity contribution >= 4 is 11.9 Å². The molecule has 0 unspecified atom stereocenters. The Morgan fingerprint density at radius 3 is 2.36 bits per heavy atom. The molecule has 4 nitrogen and oxygen atoms in total. The molecule has 1 aliphatic heterocycles. The fraction of sp³-hybridized carbons (Fsp3) is 0.111. The van der Waals surface area contributed by atoms with E-state index < -0.39 is 5.97 Å². The molecule has 22 heavy (non-hydrogen) atoms. The number of cyclic esters (lactones) is 1. The van der Waals surface area contributed by atoms with Crippen molar-refractivity contribution in [2.45, 2.75) is 6.54 Å². The molecule has 2 aromatic rings. The molecule has 0 spiro atoms.